The van der Waals surface area contributed by atoms with Gasteiger partial charge in [-0.1, -0.05) is 11.8 Å². The van der Waals surface area contributed by atoms with E-state index in [0.29, 0.717) is 10.6 Å². The third-order valence-corrected chi connectivity index (χ3v) is 9.10. The van der Waals surface area contributed by atoms with Crippen LogP contribution in [-0.4, -0.2) is 52.6 Å². The van der Waals surface area contributed by atoms with Crippen molar-refractivity contribution in [3.8, 4) is 0 Å². The van der Waals surface area contributed by atoms with Crippen molar-refractivity contribution < 1.29 is 23.9 Å². The van der Waals surface area contributed by atoms with Gasteiger partial charge in [0.15, 0.2) is 5.16 Å². The average Bonchev–Trinajstić information content (AvgIpc) is 3.19. The van der Waals surface area contributed by atoms with Crippen LogP contribution in [0.25, 0.3) is 0 Å². The highest BCUT2D eigenvalue weighted by Crippen LogP contribution is 2.61. The zero-order valence-electron chi connectivity index (χ0n) is 20.9. The predicted octanol–water partition coefficient (Wildman–Crippen LogP) is 3.88. The molecule has 192 valence electrons. The number of esters is 2. The smallest absolute Gasteiger partial charge is 0.339 e. The topological polar surface area (TPSA) is 112 Å². The van der Waals surface area contributed by atoms with Gasteiger partial charge in [-0.05, 0) is 79.9 Å². The molecule has 4 fully saturated rings. The fraction of sp³-hybridized carbons (Fsp3) is 0.577. The third-order valence-electron chi connectivity index (χ3n) is 8.08. The van der Waals surface area contributed by atoms with Gasteiger partial charge in [-0.15, -0.1) is 10.2 Å². The Bertz CT molecular complexity index is 1160. The van der Waals surface area contributed by atoms with Gasteiger partial charge in [0, 0.05) is 13.5 Å². The first-order valence-electron chi connectivity index (χ1n) is 12.4. The normalized spacial score (nSPS) is 26.0. The molecule has 36 heavy (non-hydrogen) atoms. The van der Waals surface area contributed by atoms with Crippen LogP contribution in [0.2, 0.25) is 0 Å². The van der Waals surface area contributed by atoms with Crippen molar-refractivity contribution in [2.24, 2.45) is 30.2 Å². The molecular formula is C26H32N4O5S. The van der Waals surface area contributed by atoms with Crippen LogP contribution in [0.5, 0.6) is 0 Å². The molecule has 2 aromatic rings. The van der Waals surface area contributed by atoms with Gasteiger partial charge in [0.25, 0.3) is 0 Å². The Morgan fingerprint density at radius 2 is 1.67 bits per heavy atom. The summed E-state index contributed by atoms with van der Waals surface area (Å²) in [5, 5.41) is 12.3. The monoisotopic (exact) mass is 512 g/mol. The molecule has 1 aromatic carbocycles. The highest BCUT2D eigenvalue weighted by Gasteiger charge is 2.51. The maximum atomic E-state index is 12.8. The zero-order valence-corrected chi connectivity index (χ0v) is 21.7. The van der Waals surface area contributed by atoms with Gasteiger partial charge in [0.05, 0.1) is 36.8 Å². The van der Waals surface area contributed by atoms with Crippen molar-refractivity contribution in [1.82, 2.24) is 14.8 Å². The Balaban J connectivity index is 1.24. The Labute approximate surface area is 214 Å². The van der Waals surface area contributed by atoms with E-state index in [9.17, 15) is 14.4 Å². The number of methoxy groups -OCH3 is 2. The summed E-state index contributed by atoms with van der Waals surface area (Å²) in [5.41, 5.74) is 0.927. The predicted molar refractivity (Wildman–Crippen MR) is 134 cm³/mol. The van der Waals surface area contributed by atoms with E-state index in [1.165, 1.54) is 82.7 Å². The van der Waals surface area contributed by atoms with Crippen LogP contribution in [0.4, 0.5) is 5.69 Å². The van der Waals surface area contributed by atoms with E-state index in [2.05, 4.69) is 15.5 Å². The molecule has 4 aliphatic rings. The molecular weight excluding hydrogens is 480 g/mol. The van der Waals surface area contributed by atoms with Gasteiger partial charge in [-0.25, -0.2) is 9.59 Å². The molecule has 4 saturated carbocycles. The first kappa shape index (κ1) is 24.8. The van der Waals surface area contributed by atoms with E-state index in [0.717, 1.165) is 30.0 Å². The van der Waals surface area contributed by atoms with Crippen molar-refractivity contribution in [2.45, 2.75) is 50.1 Å². The summed E-state index contributed by atoms with van der Waals surface area (Å²) >= 11 is 1.29. The van der Waals surface area contributed by atoms with Crippen LogP contribution >= 0.6 is 11.8 Å². The van der Waals surface area contributed by atoms with Crippen LogP contribution in [0.15, 0.2) is 23.4 Å². The molecule has 9 nitrogen and oxygen atoms in total. The maximum absolute atomic E-state index is 12.8. The summed E-state index contributed by atoms with van der Waals surface area (Å²) in [6.45, 7) is 0. The van der Waals surface area contributed by atoms with Crippen molar-refractivity contribution in [3.63, 3.8) is 0 Å². The first-order chi connectivity index (χ1) is 17.3. The quantitative estimate of drug-likeness (QED) is 0.419. The molecule has 4 aliphatic carbocycles. The number of anilines is 1. The number of carbonyl (C=O) groups excluding carboxylic acids is 3. The van der Waals surface area contributed by atoms with Gasteiger partial charge in [-0.3, -0.25) is 4.79 Å². The molecule has 4 bridgehead atoms. The summed E-state index contributed by atoms with van der Waals surface area (Å²) in [4.78, 5) is 36.8. The molecule has 0 unspecified atom stereocenters. The van der Waals surface area contributed by atoms with Gasteiger partial charge in [0.1, 0.15) is 5.82 Å². The van der Waals surface area contributed by atoms with Gasteiger partial charge < -0.3 is 19.4 Å². The largest absolute Gasteiger partial charge is 0.465 e. The Kier molecular flexibility index (Phi) is 6.80. The lowest BCUT2D eigenvalue weighted by Crippen LogP contribution is -2.47. The van der Waals surface area contributed by atoms with Gasteiger partial charge >= 0.3 is 11.9 Å². The molecule has 6 rings (SSSR count). The zero-order chi connectivity index (χ0) is 25.4. The molecule has 0 saturated heterocycles. The van der Waals surface area contributed by atoms with Crippen LogP contribution < -0.4 is 5.32 Å². The number of benzene rings is 1. The van der Waals surface area contributed by atoms with Crippen molar-refractivity contribution in [1.29, 1.82) is 0 Å². The molecule has 0 radical (unpaired) electrons. The van der Waals surface area contributed by atoms with E-state index in [1.807, 2.05) is 11.6 Å². The van der Waals surface area contributed by atoms with E-state index < -0.39 is 11.9 Å². The number of aromatic nitrogens is 3. The first-order valence-corrected chi connectivity index (χ1v) is 13.4. The number of rotatable bonds is 8. The van der Waals surface area contributed by atoms with E-state index in [-0.39, 0.29) is 28.5 Å². The molecule has 0 aliphatic heterocycles. The number of nitrogens with zero attached hydrogens (tertiary/aromatic N) is 3. The second kappa shape index (κ2) is 9.88. The van der Waals surface area contributed by atoms with Crippen molar-refractivity contribution in [3.05, 3.63) is 35.2 Å². The van der Waals surface area contributed by atoms with Gasteiger partial charge in [-0.2, -0.15) is 0 Å². The lowest BCUT2D eigenvalue weighted by Gasteiger charge is -2.56. The Hall–Kier alpha value is -2.88. The van der Waals surface area contributed by atoms with Crippen LogP contribution in [0.3, 0.4) is 0 Å². The second-order valence-corrected chi connectivity index (χ2v) is 11.6. The molecule has 10 heteroatoms. The van der Waals surface area contributed by atoms with Crippen LogP contribution in [0, 0.1) is 23.2 Å². The van der Waals surface area contributed by atoms with E-state index >= 15 is 0 Å². The van der Waals surface area contributed by atoms with Crippen LogP contribution in [-0.2, 0) is 27.7 Å². The lowest BCUT2D eigenvalue weighted by atomic mass is 9.49. The van der Waals surface area contributed by atoms with Crippen LogP contribution in [0.1, 0.15) is 65.1 Å². The number of hydrogen-bond donors (Lipinski definition) is 1. The Morgan fingerprint density at radius 1 is 1.03 bits per heavy atom. The van der Waals surface area contributed by atoms with Crippen molar-refractivity contribution >= 4 is 35.3 Å². The summed E-state index contributed by atoms with van der Waals surface area (Å²) in [6.07, 6.45) is 9.12. The third kappa shape index (κ3) is 4.87. The molecule has 0 spiro atoms. The summed E-state index contributed by atoms with van der Waals surface area (Å²) < 4.78 is 11.5. The summed E-state index contributed by atoms with van der Waals surface area (Å²) in [6, 6.07) is 4.29. The number of nitrogens with one attached hydrogen (secondary N) is 1. The summed E-state index contributed by atoms with van der Waals surface area (Å²) in [7, 11) is 4.49. The molecule has 1 heterocycles. The number of ether oxygens (including phenoxy) is 2. The van der Waals surface area contributed by atoms with E-state index in [4.69, 9.17) is 9.47 Å². The number of thioether (sulfide) groups is 1. The summed E-state index contributed by atoms with van der Waals surface area (Å²) in [5.74, 6) is 2.20. The number of amides is 1. The molecule has 0 atom stereocenters. The lowest BCUT2D eigenvalue weighted by molar-refractivity contribution is -0.113. The minimum Gasteiger partial charge on any atom is -0.465 e. The standard InChI is InChI=1S/C26H32N4O5S/c1-30-21(13-26-10-15-6-16(11-26)8-17(7-15)12-26)28-29-25(30)36-14-22(31)27-20-9-18(23(32)34-2)4-5-19(20)24(33)35-3/h4-5,9,15-17H,6-8,10-14H2,1-3H3,(H,27,31). The maximum Gasteiger partial charge on any atom is 0.339 e. The second-order valence-electron chi connectivity index (χ2n) is 10.6. The molecule has 1 N–H and O–H groups in total. The average molecular weight is 513 g/mol. The fourth-order valence-corrected chi connectivity index (χ4v) is 7.69. The highest BCUT2D eigenvalue weighted by molar-refractivity contribution is 7.99. The minimum atomic E-state index is -0.614. The Morgan fingerprint density at radius 3 is 2.28 bits per heavy atom. The van der Waals surface area contributed by atoms with Crippen molar-refractivity contribution in [2.75, 3.05) is 25.3 Å². The number of hydrogen-bond acceptors (Lipinski definition) is 8. The fourth-order valence-electron chi connectivity index (χ4n) is 6.96. The SMILES string of the molecule is COC(=O)c1ccc(C(=O)OC)c(NC(=O)CSc2nnc(CC34CC5CC(CC(C5)C3)C4)n2C)c1. The number of carbonyl (C=O) groups is 3. The van der Waals surface area contributed by atoms with E-state index in [1.54, 1.807) is 0 Å². The molecule has 1 amide bonds. The highest BCUT2D eigenvalue weighted by atomic mass is 32.2. The minimum absolute atomic E-state index is 0.0758. The molecule has 1 aromatic heterocycles. The van der Waals surface area contributed by atoms with Gasteiger partial charge in [0.2, 0.25) is 5.91 Å².